The highest BCUT2D eigenvalue weighted by atomic mass is 32.1. The summed E-state index contributed by atoms with van der Waals surface area (Å²) < 4.78 is 0. The van der Waals surface area contributed by atoms with Crippen molar-refractivity contribution < 1.29 is 9.59 Å². The lowest BCUT2D eigenvalue weighted by molar-refractivity contribution is -0.115. The summed E-state index contributed by atoms with van der Waals surface area (Å²) in [5.41, 5.74) is 3.51. The van der Waals surface area contributed by atoms with Crippen LogP contribution >= 0.6 is 11.3 Å². The maximum atomic E-state index is 12.5. The number of nitrogens with zero attached hydrogens (tertiary/aromatic N) is 3. The van der Waals surface area contributed by atoms with Gasteiger partial charge in [0.05, 0.1) is 28.8 Å². The molecule has 1 aliphatic heterocycles. The Morgan fingerprint density at radius 2 is 2.37 bits per heavy atom. The van der Waals surface area contributed by atoms with Crippen LogP contribution in [0.5, 0.6) is 0 Å². The highest BCUT2D eigenvalue weighted by Gasteiger charge is 2.29. The first-order valence-corrected chi connectivity index (χ1v) is 6.50. The van der Waals surface area contributed by atoms with Crippen LogP contribution in [0.1, 0.15) is 15.4 Å². The van der Waals surface area contributed by atoms with Gasteiger partial charge in [0.25, 0.3) is 5.91 Å². The molecule has 0 saturated heterocycles. The number of amides is 2. The van der Waals surface area contributed by atoms with Crippen LogP contribution in [0.3, 0.4) is 0 Å². The third-order valence-electron chi connectivity index (χ3n) is 2.85. The number of nitrogens with one attached hydrogen (secondary N) is 1. The molecule has 0 spiro atoms. The van der Waals surface area contributed by atoms with Gasteiger partial charge in [0.1, 0.15) is 11.4 Å². The van der Waals surface area contributed by atoms with E-state index in [2.05, 4.69) is 15.3 Å². The zero-order chi connectivity index (χ0) is 13.4. The van der Waals surface area contributed by atoms with Crippen molar-refractivity contribution in [3.8, 4) is 0 Å². The van der Waals surface area contributed by atoms with Crippen molar-refractivity contribution in [2.75, 3.05) is 16.8 Å². The quantitative estimate of drug-likeness (QED) is 0.854. The molecule has 0 saturated carbocycles. The van der Waals surface area contributed by atoms with Crippen LogP contribution in [0.2, 0.25) is 0 Å². The van der Waals surface area contributed by atoms with Gasteiger partial charge in [-0.25, -0.2) is 4.98 Å². The lowest BCUT2D eigenvalue weighted by Gasteiger charge is -2.28. The normalized spacial score (nSPS) is 13.9. The molecule has 2 aromatic rings. The van der Waals surface area contributed by atoms with Crippen molar-refractivity contribution in [3.63, 3.8) is 0 Å². The molecule has 0 radical (unpaired) electrons. The van der Waals surface area contributed by atoms with Gasteiger partial charge in [0, 0.05) is 6.20 Å². The average Bonchev–Trinajstić information content (AvgIpc) is 2.83. The van der Waals surface area contributed by atoms with Crippen molar-refractivity contribution >= 4 is 34.5 Å². The fourth-order valence-electron chi connectivity index (χ4n) is 1.95. The number of fused-ring (bicyclic) bond motifs is 1. The van der Waals surface area contributed by atoms with E-state index in [-0.39, 0.29) is 18.4 Å². The zero-order valence-electron chi connectivity index (χ0n) is 10.1. The van der Waals surface area contributed by atoms with Crippen molar-refractivity contribution in [1.82, 2.24) is 9.97 Å². The van der Waals surface area contributed by atoms with E-state index in [4.69, 9.17) is 0 Å². The summed E-state index contributed by atoms with van der Waals surface area (Å²) in [6.45, 7) is 1.79. The van der Waals surface area contributed by atoms with E-state index in [0.717, 1.165) is 0 Å². The smallest absolute Gasteiger partial charge is 0.270 e. The van der Waals surface area contributed by atoms with Gasteiger partial charge in [-0.15, -0.1) is 11.3 Å². The second-order valence-electron chi connectivity index (χ2n) is 4.10. The van der Waals surface area contributed by atoms with Gasteiger partial charge in [-0.3, -0.25) is 19.5 Å². The number of aromatic nitrogens is 2. The Bertz CT molecular complexity index is 667. The van der Waals surface area contributed by atoms with Gasteiger partial charge in [0.15, 0.2) is 0 Å². The molecule has 19 heavy (non-hydrogen) atoms. The van der Waals surface area contributed by atoms with Crippen LogP contribution < -0.4 is 10.2 Å². The summed E-state index contributed by atoms with van der Waals surface area (Å²) in [6.07, 6.45) is 3.13. The van der Waals surface area contributed by atoms with E-state index in [9.17, 15) is 9.59 Å². The standard InChI is InChI=1S/C12H10N4O2S/c1-7-11(19-6-14-7)12(18)16-5-10(17)15-8-4-13-3-2-9(8)16/h2-4,6H,5H2,1H3,(H,15,17). The Morgan fingerprint density at radius 3 is 3.11 bits per heavy atom. The van der Waals surface area contributed by atoms with E-state index >= 15 is 0 Å². The molecular formula is C12H10N4O2S. The molecule has 1 N–H and O–H groups in total. The van der Waals surface area contributed by atoms with Gasteiger partial charge in [-0.05, 0) is 13.0 Å². The van der Waals surface area contributed by atoms with Crippen LogP contribution in [0, 0.1) is 6.92 Å². The van der Waals surface area contributed by atoms with Crippen LogP contribution in [0.25, 0.3) is 0 Å². The van der Waals surface area contributed by atoms with E-state index < -0.39 is 0 Å². The van der Waals surface area contributed by atoms with Crippen LogP contribution in [-0.2, 0) is 4.79 Å². The molecule has 3 rings (SSSR count). The van der Waals surface area contributed by atoms with Gasteiger partial charge < -0.3 is 5.32 Å². The number of thiazole rings is 1. The lowest BCUT2D eigenvalue weighted by Crippen LogP contribution is -2.42. The Kier molecular flexibility index (Phi) is 2.75. The Hall–Kier alpha value is -2.28. The number of pyridine rings is 1. The highest BCUT2D eigenvalue weighted by Crippen LogP contribution is 2.30. The summed E-state index contributed by atoms with van der Waals surface area (Å²) in [5.74, 6) is -0.432. The Balaban J connectivity index is 2.04. The van der Waals surface area contributed by atoms with Gasteiger partial charge in [-0.2, -0.15) is 0 Å². The topological polar surface area (TPSA) is 75.2 Å². The molecular weight excluding hydrogens is 264 g/mol. The van der Waals surface area contributed by atoms with E-state index in [1.54, 1.807) is 24.7 Å². The number of carbonyl (C=O) groups is 2. The maximum Gasteiger partial charge on any atom is 0.270 e. The summed E-state index contributed by atoms with van der Waals surface area (Å²) in [4.78, 5) is 34.2. The largest absolute Gasteiger partial charge is 0.321 e. The highest BCUT2D eigenvalue weighted by molar-refractivity contribution is 7.12. The number of aryl methyl sites for hydroxylation is 1. The predicted octanol–water partition coefficient (Wildman–Crippen LogP) is 1.45. The second kappa shape index (κ2) is 4.43. The summed E-state index contributed by atoms with van der Waals surface area (Å²) in [6, 6.07) is 1.71. The van der Waals surface area contributed by atoms with Crippen molar-refractivity contribution in [2.45, 2.75) is 6.92 Å². The molecule has 1 aliphatic rings. The van der Waals surface area contributed by atoms with E-state index in [1.165, 1.54) is 22.4 Å². The minimum absolute atomic E-state index is 0.00713. The van der Waals surface area contributed by atoms with Gasteiger partial charge in [0.2, 0.25) is 5.91 Å². The molecule has 2 aromatic heterocycles. The summed E-state index contributed by atoms with van der Waals surface area (Å²) >= 11 is 1.28. The van der Waals surface area contributed by atoms with Crippen LogP contribution in [-0.4, -0.2) is 28.3 Å². The summed E-state index contributed by atoms with van der Waals surface area (Å²) in [5, 5.41) is 2.70. The molecule has 7 heteroatoms. The number of anilines is 2. The first-order chi connectivity index (χ1) is 9.16. The molecule has 0 fully saturated rings. The van der Waals surface area contributed by atoms with E-state index in [1.807, 2.05) is 0 Å². The molecule has 0 aliphatic carbocycles. The molecule has 0 atom stereocenters. The third-order valence-corrected chi connectivity index (χ3v) is 3.77. The van der Waals surface area contributed by atoms with Crippen LogP contribution in [0.15, 0.2) is 24.0 Å². The first-order valence-electron chi connectivity index (χ1n) is 5.62. The van der Waals surface area contributed by atoms with Gasteiger partial charge in [-0.1, -0.05) is 0 Å². The molecule has 0 aromatic carbocycles. The number of hydrogen-bond acceptors (Lipinski definition) is 5. The molecule has 6 nitrogen and oxygen atoms in total. The maximum absolute atomic E-state index is 12.5. The number of hydrogen-bond donors (Lipinski definition) is 1. The van der Waals surface area contributed by atoms with Gasteiger partial charge >= 0.3 is 0 Å². The third kappa shape index (κ3) is 1.97. The predicted molar refractivity (Wildman–Crippen MR) is 71.4 cm³/mol. The molecule has 96 valence electrons. The van der Waals surface area contributed by atoms with Crippen molar-refractivity contribution in [3.05, 3.63) is 34.5 Å². The minimum Gasteiger partial charge on any atom is -0.321 e. The summed E-state index contributed by atoms with van der Waals surface area (Å²) in [7, 11) is 0. The Morgan fingerprint density at radius 1 is 1.53 bits per heavy atom. The molecule has 0 bridgehead atoms. The lowest BCUT2D eigenvalue weighted by atomic mass is 10.2. The number of rotatable bonds is 1. The van der Waals surface area contributed by atoms with Crippen molar-refractivity contribution in [1.29, 1.82) is 0 Å². The molecule has 3 heterocycles. The van der Waals surface area contributed by atoms with Crippen molar-refractivity contribution in [2.24, 2.45) is 0 Å². The SMILES string of the molecule is Cc1ncsc1C(=O)N1CC(=O)Nc2cnccc21. The fourth-order valence-corrected chi connectivity index (χ4v) is 2.70. The van der Waals surface area contributed by atoms with E-state index in [0.29, 0.717) is 21.9 Å². The number of carbonyl (C=O) groups excluding carboxylic acids is 2. The first kappa shape index (κ1) is 11.8. The molecule has 0 unspecified atom stereocenters. The molecule has 2 amide bonds. The average molecular weight is 274 g/mol. The van der Waals surface area contributed by atoms with Crippen LogP contribution in [0.4, 0.5) is 11.4 Å². The Labute approximate surface area is 113 Å². The minimum atomic E-state index is -0.226. The second-order valence-corrected chi connectivity index (χ2v) is 4.95. The fraction of sp³-hybridized carbons (Fsp3) is 0.167. The monoisotopic (exact) mass is 274 g/mol. The zero-order valence-corrected chi connectivity index (χ0v) is 10.9.